The average molecular weight is 363 g/mol. The summed E-state index contributed by atoms with van der Waals surface area (Å²) in [6, 6.07) is 14.9. The molecule has 2 N–H and O–H groups in total. The Morgan fingerprint density at radius 1 is 1.17 bits per heavy atom. The molecule has 0 heterocycles. The lowest BCUT2D eigenvalue weighted by molar-refractivity contribution is -0.120. The maximum Gasteiger partial charge on any atom is 0.233 e. The molecule has 0 aromatic heterocycles. The highest BCUT2D eigenvalue weighted by Gasteiger charge is 2.15. The highest BCUT2D eigenvalue weighted by atomic mass is 35.5. The molecule has 4 nitrogen and oxygen atoms in total. The lowest BCUT2D eigenvalue weighted by Crippen LogP contribution is -2.30. The predicted molar refractivity (Wildman–Crippen MR) is 99.4 cm³/mol. The fourth-order valence-electron chi connectivity index (χ4n) is 2.08. The first-order valence-electron chi connectivity index (χ1n) is 7.51. The van der Waals surface area contributed by atoms with Crippen LogP contribution >= 0.6 is 23.4 Å². The molecule has 0 fully saturated rings. The Kier molecular flexibility index (Phi) is 6.70. The first-order valence-corrected chi connectivity index (χ1v) is 8.77. The summed E-state index contributed by atoms with van der Waals surface area (Å²) in [5.41, 5.74) is 1.64. The van der Waals surface area contributed by atoms with E-state index in [1.807, 2.05) is 55.5 Å². The number of hydrogen-bond donors (Lipinski definition) is 2. The van der Waals surface area contributed by atoms with Crippen LogP contribution in [0.2, 0.25) is 5.02 Å². The predicted octanol–water partition coefficient (Wildman–Crippen LogP) is 4.10. The second-order valence-corrected chi connectivity index (χ2v) is 7.08. The van der Waals surface area contributed by atoms with Gasteiger partial charge < -0.3 is 10.6 Å². The standard InChI is InChI=1S/C18H19ClN2O2S/c1-12(24-17-9-4-3-8-16(17)19)18(23)20-11-14-6-5-7-15(10-14)21-13(2)22/h3-10,12H,11H2,1-2H3,(H,20,23)(H,21,22)/t12-/m0/s1. The van der Waals surface area contributed by atoms with Crippen molar-refractivity contribution in [2.45, 2.75) is 30.5 Å². The van der Waals surface area contributed by atoms with Crippen LogP contribution in [0.3, 0.4) is 0 Å². The maximum atomic E-state index is 12.2. The largest absolute Gasteiger partial charge is 0.351 e. The number of amides is 2. The summed E-state index contributed by atoms with van der Waals surface area (Å²) in [5, 5.41) is 6.01. The van der Waals surface area contributed by atoms with Gasteiger partial charge in [0, 0.05) is 24.1 Å². The summed E-state index contributed by atoms with van der Waals surface area (Å²) in [7, 11) is 0. The quantitative estimate of drug-likeness (QED) is 0.761. The summed E-state index contributed by atoms with van der Waals surface area (Å²) in [6.07, 6.45) is 0. The molecule has 24 heavy (non-hydrogen) atoms. The molecular weight excluding hydrogens is 344 g/mol. The van der Waals surface area contributed by atoms with Crippen LogP contribution in [0.15, 0.2) is 53.4 Å². The lowest BCUT2D eigenvalue weighted by atomic mass is 10.2. The van der Waals surface area contributed by atoms with Crippen LogP contribution in [0.4, 0.5) is 5.69 Å². The van der Waals surface area contributed by atoms with Gasteiger partial charge in [0.1, 0.15) is 0 Å². The van der Waals surface area contributed by atoms with E-state index in [1.165, 1.54) is 18.7 Å². The van der Waals surface area contributed by atoms with E-state index in [4.69, 9.17) is 11.6 Å². The number of hydrogen-bond acceptors (Lipinski definition) is 3. The SMILES string of the molecule is CC(=O)Nc1cccc(CNC(=O)[C@H](C)Sc2ccccc2Cl)c1. The van der Waals surface area contributed by atoms with Crippen LogP contribution in [-0.2, 0) is 16.1 Å². The molecule has 0 spiro atoms. The molecule has 0 aliphatic rings. The number of thioether (sulfide) groups is 1. The number of halogens is 1. The Hall–Kier alpha value is -1.98. The van der Waals surface area contributed by atoms with Gasteiger partial charge in [-0.05, 0) is 36.8 Å². The van der Waals surface area contributed by atoms with Gasteiger partial charge >= 0.3 is 0 Å². The van der Waals surface area contributed by atoms with Gasteiger partial charge in [0.2, 0.25) is 11.8 Å². The second kappa shape index (κ2) is 8.76. The van der Waals surface area contributed by atoms with Gasteiger partial charge in [0.15, 0.2) is 0 Å². The van der Waals surface area contributed by atoms with Crippen molar-refractivity contribution in [1.29, 1.82) is 0 Å². The van der Waals surface area contributed by atoms with Gasteiger partial charge in [0.25, 0.3) is 0 Å². The van der Waals surface area contributed by atoms with Crippen molar-refractivity contribution < 1.29 is 9.59 Å². The van der Waals surface area contributed by atoms with Crippen molar-refractivity contribution in [2.75, 3.05) is 5.32 Å². The van der Waals surface area contributed by atoms with E-state index < -0.39 is 0 Å². The molecule has 0 aliphatic carbocycles. The molecule has 6 heteroatoms. The number of carbonyl (C=O) groups excluding carboxylic acids is 2. The second-order valence-electron chi connectivity index (χ2n) is 5.29. The molecule has 2 aromatic carbocycles. The zero-order valence-corrected chi connectivity index (χ0v) is 15.1. The van der Waals surface area contributed by atoms with Crippen molar-refractivity contribution in [3.63, 3.8) is 0 Å². The van der Waals surface area contributed by atoms with Crippen LogP contribution in [0.5, 0.6) is 0 Å². The first-order chi connectivity index (χ1) is 11.5. The van der Waals surface area contributed by atoms with Crippen LogP contribution in [-0.4, -0.2) is 17.1 Å². The van der Waals surface area contributed by atoms with Gasteiger partial charge in [-0.15, -0.1) is 11.8 Å². The molecular formula is C18H19ClN2O2S. The number of anilines is 1. The highest BCUT2D eigenvalue weighted by molar-refractivity contribution is 8.00. The highest BCUT2D eigenvalue weighted by Crippen LogP contribution is 2.30. The normalized spacial score (nSPS) is 11.6. The van der Waals surface area contributed by atoms with E-state index in [2.05, 4.69) is 10.6 Å². The molecule has 0 bridgehead atoms. The van der Waals surface area contributed by atoms with Crippen molar-refractivity contribution in [2.24, 2.45) is 0 Å². The number of nitrogens with one attached hydrogen (secondary N) is 2. The van der Waals surface area contributed by atoms with E-state index >= 15 is 0 Å². The minimum absolute atomic E-state index is 0.0650. The molecule has 0 radical (unpaired) electrons. The van der Waals surface area contributed by atoms with Crippen LogP contribution in [0.25, 0.3) is 0 Å². The molecule has 2 aromatic rings. The third kappa shape index (κ3) is 5.58. The first kappa shape index (κ1) is 18.4. The molecule has 126 valence electrons. The molecule has 0 saturated carbocycles. The van der Waals surface area contributed by atoms with Gasteiger partial charge in [-0.1, -0.05) is 35.9 Å². The summed E-state index contributed by atoms with van der Waals surface area (Å²) in [5.74, 6) is -0.189. The molecule has 2 rings (SSSR count). The van der Waals surface area contributed by atoms with E-state index in [0.29, 0.717) is 17.3 Å². The molecule has 0 saturated heterocycles. The van der Waals surface area contributed by atoms with Crippen molar-refractivity contribution >= 4 is 40.9 Å². The van der Waals surface area contributed by atoms with Crippen molar-refractivity contribution in [1.82, 2.24) is 5.32 Å². The molecule has 2 amide bonds. The Bertz CT molecular complexity index is 736. The summed E-state index contributed by atoms with van der Waals surface area (Å²) >= 11 is 7.54. The topological polar surface area (TPSA) is 58.2 Å². The van der Waals surface area contributed by atoms with Gasteiger partial charge in [-0.25, -0.2) is 0 Å². The molecule has 0 aliphatic heterocycles. The van der Waals surface area contributed by atoms with Gasteiger partial charge in [-0.2, -0.15) is 0 Å². The third-order valence-electron chi connectivity index (χ3n) is 3.22. The zero-order valence-electron chi connectivity index (χ0n) is 13.5. The number of rotatable bonds is 6. The Balaban J connectivity index is 1.90. The van der Waals surface area contributed by atoms with Crippen molar-refractivity contribution in [3.8, 4) is 0 Å². The fourth-order valence-corrected chi connectivity index (χ4v) is 3.26. The fraction of sp³-hybridized carbons (Fsp3) is 0.222. The zero-order chi connectivity index (χ0) is 17.5. The van der Waals surface area contributed by atoms with E-state index in [0.717, 1.165) is 10.5 Å². The minimum atomic E-state index is -0.261. The van der Waals surface area contributed by atoms with E-state index in [-0.39, 0.29) is 17.1 Å². The Morgan fingerprint density at radius 2 is 1.92 bits per heavy atom. The van der Waals surface area contributed by atoms with E-state index in [1.54, 1.807) is 0 Å². The summed E-state index contributed by atoms with van der Waals surface area (Å²) in [6.45, 7) is 3.71. The monoisotopic (exact) mass is 362 g/mol. The Labute approximate surface area is 151 Å². The van der Waals surface area contributed by atoms with Gasteiger partial charge in [0.05, 0.1) is 10.3 Å². The average Bonchev–Trinajstić information content (AvgIpc) is 2.54. The van der Waals surface area contributed by atoms with E-state index in [9.17, 15) is 9.59 Å². The van der Waals surface area contributed by atoms with Crippen LogP contribution < -0.4 is 10.6 Å². The molecule has 1 atom stereocenters. The maximum absolute atomic E-state index is 12.2. The number of carbonyl (C=O) groups is 2. The summed E-state index contributed by atoms with van der Waals surface area (Å²) in [4.78, 5) is 24.2. The minimum Gasteiger partial charge on any atom is -0.351 e. The molecule has 0 unspecified atom stereocenters. The lowest BCUT2D eigenvalue weighted by Gasteiger charge is -2.13. The smallest absolute Gasteiger partial charge is 0.233 e. The van der Waals surface area contributed by atoms with Crippen molar-refractivity contribution in [3.05, 3.63) is 59.1 Å². The van der Waals surface area contributed by atoms with Crippen LogP contribution in [0.1, 0.15) is 19.4 Å². The van der Waals surface area contributed by atoms with Gasteiger partial charge in [-0.3, -0.25) is 9.59 Å². The summed E-state index contributed by atoms with van der Waals surface area (Å²) < 4.78 is 0. The van der Waals surface area contributed by atoms with Crippen LogP contribution in [0, 0.1) is 0 Å². The Morgan fingerprint density at radius 3 is 2.62 bits per heavy atom. The number of benzene rings is 2. The third-order valence-corrected chi connectivity index (χ3v) is 4.84.